The molecule has 1 aliphatic heterocycles. The number of benzene rings is 2. The number of rotatable bonds is 6. The lowest BCUT2D eigenvalue weighted by molar-refractivity contribution is -0.152. The van der Waals surface area contributed by atoms with Crippen LogP contribution in [0, 0.1) is 5.82 Å². The number of nitrogens with zero attached hydrogens (tertiary/aromatic N) is 2. The van der Waals surface area contributed by atoms with E-state index in [2.05, 4.69) is 0 Å². The smallest absolute Gasteiger partial charge is 0.310 e. The number of carbonyl (C=O) groups excluding carboxylic acids is 2. The lowest BCUT2D eigenvalue weighted by Crippen LogP contribution is -2.51. The number of hydrogen-bond donors (Lipinski definition) is 0. The van der Waals surface area contributed by atoms with Gasteiger partial charge >= 0.3 is 5.97 Å². The van der Waals surface area contributed by atoms with Crippen LogP contribution in [0.5, 0.6) is 0 Å². The first-order valence-electron chi connectivity index (χ1n) is 9.09. The number of sulfonamides is 1. The highest BCUT2D eigenvalue weighted by Crippen LogP contribution is 2.17. The van der Waals surface area contributed by atoms with Crippen LogP contribution in [0.2, 0.25) is 0 Å². The van der Waals surface area contributed by atoms with Gasteiger partial charge in [-0.2, -0.15) is 4.31 Å². The van der Waals surface area contributed by atoms with Crippen molar-refractivity contribution in [3.05, 3.63) is 66.0 Å². The molecule has 0 N–H and O–H groups in total. The second-order valence-electron chi connectivity index (χ2n) is 6.56. The second-order valence-corrected chi connectivity index (χ2v) is 8.50. The molecule has 0 aromatic heterocycles. The first-order valence-corrected chi connectivity index (χ1v) is 10.5. The summed E-state index contributed by atoms with van der Waals surface area (Å²) >= 11 is 0. The summed E-state index contributed by atoms with van der Waals surface area (Å²) in [6.07, 6.45) is -0.0589. The van der Waals surface area contributed by atoms with E-state index in [1.807, 2.05) is 0 Å². The fourth-order valence-electron chi connectivity index (χ4n) is 2.97. The summed E-state index contributed by atoms with van der Waals surface area (Å²) in [5, 5.41) is 0. The molecule has 2 aromatic carbocycles. The second kappa shape index (κ2) is 9.15. The van der Waals surface area contributed by atoms with E-state index in [1.165, 1.54) is 45.6 Å². The molecule has 29 heavy (non-hydrogen) atoms. The van der Waals surface area contributed by atoms with Crippen LogP contribution in [-0.4, -0.2) is 62.3 Å². The maximum absolute atomic E-state index is 12.9. The molecule has 154 valence electrons. The van der Waals surface area contributed by atoms with Gasteiger partial charge in [-0.15, -0.1) is 0 Å². The molecule has 3 rings (SSSR count). The Morgan fingerprint density at radius 1 is 0.931 bits per heavy atom. The summed E-state index contributed by atoms with van der Waals surface area (Å²) in [7, 11) is -3.59. The number of ether oxygens (including phenoxy) is 1. The Bertz CT molecular complexity index is 956. The van der Waals surface area contributed by atoms with Gasteiger partial charge < -0.3 is 9.64 Å². The van der Waals surface area contributed by atoms with Crippen molar-refractivity contribution in [1.29, 1.82) is 0 Å². The third-order valence-electron chi connectivity index (χ3n) is 4.59. The minimum absolute atomic E-state index is 0.0589. The fraction of sp³-hybridized carbons (Fsp3) is 0.300. The van der Waals surface area contributed by atoms with Crippen LogP contribution in [0.25, 0.3) is 0 Å². The maximum atomic E-state index is 12.9. The SMILES string of the molecule is O=C(Cc1ccc(F)cc1)OCC(=O)N1CCN(S(=O)(=O)c2ccccc2)CC1. The van der Waals surface area contributed by atoms with Crippen molar-refractivity contribution in [3.63, 3.8) is 0 Å². The lowest BCUT2D eigenvalue weighted by Gasteiger charge is -2.33. The van der Waals surface area contributed by atoms with Gasteiger partial charge in [0.1, 0.15) is 5.82 Å². The molecule has 1 saturated heterocycles. The molecule has 0 radical (unpaired) electrons. The van der Waals surface area contributed by atoms with E-state index in [0.717, 1.165) is 0 Å². The molecule has 2 aromatic rings. The van der Waals surface area contributed by atoms with Crippen LogP contribution in [-0.2, 0) is 30.8 Å². The standard InChI is InChI=1S/C20H21FN2O5S/c21-17-8-6-16(7-9-17)14-20(25)28-15-19(24)22-10-12-23(13-11-22)29(26,27)18-4-2-1-3-5-18/h1-9H,10-15H2. The molecule has 0 atom stereocenters. The number of amides is 1. The molecule has 0 bridgehead atoms. The minimum atomic E-state index is -3.59. The number of carbonyl (C=O) groups is 2. The van der Waals surface area contributed by atoms with Crippen molar-refractivity contribution in [3.8, 4) is 0 Å². The largest absolute Gasteiger partial charge is 0.455 e. The Labute approximate surface area is 168 Å². The van der Waals surface area contributed by atoms with E-state index in [0.29, 0.717) is 5.56 Å². The topological polar surface area (TPSA) is 84.0 Å². The summed E-state index contributed by atoms with van der Waals surface area (Å²) in [6.45, 7) is 0.380. The molecule has 0 saturated carbocycles. The molecule has 0 aliphatic carbocycles. The Kier molecular flexibility index (Phi) is 6.60. The summed E-state index contributed by atoms with van der Waals surface area (Å²) < 4.78 is 44.4. The highest BCUT2D eigenvalue weighted by atomic mass is 32.2. The van der Waals surface area contributed by atoms with Crippen LogP contribution in [0.15, 0.2) is 59.5 Å². The van der Waals surface area contributed by atoms with Crippen LogP contribution in [0.3, 0.4) is 0 Å². The van der Waals surface area contributed by atoms with Crippen molar-refractivity contribution in [2.75, 3.05) is 32.8 Å². The number of piperazine rings is 1. The minimum Gasteiger partial charge on any atom is -0.455 e. The van der Waals surface area contributed by atoms with Gasteiger partial charge in [-0.1, -0.05) is 30.3 Å². The fourth-order valence-corrected chi connectivity index (χ4v) is 4.42. The molecule has 1 aliphatic rings. The molecule has 7 nitrogen and oxygen atoms in total. The number of esters is 1. The zero-order chi connectivity index (χ0) is 20.9. The van der Waals surface area contributed by atoms with Crippen molar-refractivity contribution in [2.24, 2.45) is 0 Å². The third kappa shape index (κ3) is 5.39. The average molecular weight is 420 g/mol. The van der Waals surface area contributed by atoms with E-state index in [1.54, 1.807) is 18.2 Å². The van der Waals surface area contributed by atoms with Crippen LogP contribution in [0.1, 0.15) is 5.56 Å². The van der Waals surface area contributed by atoms with Gasteiger partial charge in [-0.3, -0.25) is 9.59 Å². The Balaban J connectivity index is 1.46. The Morgan fingerprint density at radius 2 is 1.55 bits per heavy atom. The zero-order valence-electron chi connectivity index (χ0n) is 15.7. The quantitative estimate of drug-likeness (QED) is 0.661. The maximum Gasteiger partial charge on any atom is 0.310 e. The van der Waals surface area contributed by atoms with Gasteiger partial charge in [0.05, 0.1) is 11.3 Å². The monoisotopic (exact) mass is 420 g/mol. The molecular formula is C20H21FN2O5S. The summed E-state index contributed by atoms with van der Waals surface area (Å²) in [5.41, 5.74) is 0.587. The molecule has 0 unspecified atom stereocenters. The lowest BCUT2D eigenvalue weighted by atomic mass is 10.1. The van der Waals surface area contributed by atoms with E-state index >= 15 is 0 Å². The molecule has 1 heterocycles. The zero-order valence-corrected chi connectivity index (χ0v) is 16.5. The Morgan fingerprint density at radius 3 is 2.17 bits per heavy atom. The van der Waals surface area contributed by atoms with Gasteiger partial charge in [-0.05, 0) is 29.8 Å². The number of hydrogen-bond acceptors (Lipinski definition) is 5. The van der Waals surface area contributed by atoms with Gasteiger partial charge in [0.15, 0.2) is 6.61 Å². The molecular weight excluding hydrogens is 399 g/mol. The highest BCUT2D eigenvalue weighted by molar-refractivity contribution is 7.89. The van der Waals surface area contributed by atoms with E-state index in [9.17, 15) is 22.4 Å². The highest BCUT2D eigenvalue weighted by Gasteiger charge is 2.30. The van der Waals surface area contributed by atoms with Crippen molar-refractivity contribution in [2.45, 2.75) is 11.3 Å². The van der Waals surface area contributed by atoms with Crippen LogP contribution in [0.4, 0.5) is 4.39 Å². The predicted octanol–water partition coefficient (Wildman–Crippen LogP) is 1.44. The van der Waals surface area contributed by atoms with E-state index in [4.69, 9.17) is 4.74 Å². The van der Waals surface area contributed by atoms with Crippen LogP contribution < -0.4 is 0 Å². The van der Waals surface area contributed by atoms with Crippen molar-refractivity contribution in [1.82, 2.24) is 9.21 Å². The van der Waals surface area contributed by atoms with Gasteiger partial charge in [0, 0.05) is 26.2 Å². The first kappa shape index (κ1) is 20.9. The van der Waals surface area contributed by atoms with E-state index < -0.39 is 28.4 Å². The summed E-state index contributed by atoms with van der Waals surface area (Å²) in [6, 6.07) is 13.6. The van der Waals surface area contributed by atoms with Crippen molar-refractivity contribution < 1.29 is 27.1 Å². The molecule has 0 spiro atoms. The van der Waals surface area contributed by atoms with Crippen molar-refractivity contribution >= 4 is 21.9 Å². The summed E-state index contributed by atoms with van der Waals surface area (Å²) in [5.74, 6) is -1.37. The average Bonchev–Trinajstić information content (AvgIpc) is 2.74. The molecule has 9 heteroatoms. The molecule has 1 amide bonds. The first-order chi connectivity index (χ1) is 13.9. The van der Waals surface area contributed by atoms with Gasteiger partial charge in [0.25, 0.3) is 5.91 Å². The summed E-state index contributed by atoms with van der Waals surface area (Å²) in [4.78, 5) is 25.8. The third-order valence-corrected chi connectivity index (χ3v) is 6.50. The van der Waals surface area contributed by atoms with Crippen LogP contribution >= 0.6 is 0 Å². The molecule has 1 fully saturated rings. The predicted molar refractivity (Wildman–Crippen MR) is 103 cm³/mol. The normalized spacial score (nSPS) is 15.1. The van der Waals surface area contributed by atoms with Gasteiger partial charge in [0.2, 0.25) is 10.0 Å². The Hall–Kier alpha value is -2.78. The van der Waals surface area contributed by atoms with Gasteiger partial charge in [-0.25, -0.2) is 12.8 Å². The number of halogens is 1. The van der Waals surface area contributed by atoms with E-state index in [-0.39, 0.29) is 43.4 Å².